The number of carbonyl (C=O) groups is 1. The molecule has 1 N–H and O–H groups in total. The van der Waals surface area contributed by atoms with Gasteiger partial charge in [-0.2, -0.15) is 0 Å². The Morgan fingerprint density at radius 1 is 1.29 bits per heavy atom. The second-order valence-electron chi connectivity index (χ2n) is 7.97. The van der Waals surface area contributed by atoms with Crippen LogP contribution in [0.2, 0.25) is 0 Å². The lowest BCUT2D eigenvalue weighted by molar-refractivity contribution is -0.116. The van der Waals surface area contributed by atoms with Crippen LogP contribution in [0.4, 0.5) is 5.13 Å². The fraction of sp³-hybridized carbons (Fsp3) is 0.364. The van der Waals surface area contributed by atoms with Crippen LogP contribution in [-0.2, 0) is 4.79 Å². The highest BCUT2D eigenvalue weighted by Crippen LogP contribution is 2.33. The second kappa shape index (κ2) is 8.94. The Morgan fingerprint density at radius 3 is 3.03 bits per heavy atom. The molecule has 31 heavy (non-hydrogen) atoms. The molecule has 3 aromatic heterocycles. The maximum atomic E-state index is 12.4. The molecule has 1 fully saturated rings. The lowest BCUT2D eigenvalue weighted by Gasteiger charge is -2.28. The molecule has 0 radical (unpaired) electrons. The maximum absolute atomic E-state index is 12.4. The van der Waals surface area contributed by atoms with Crippen LogP contribution in [0.5, 0.6) is 0 Å². The summed E-state index contributed by atoms with van der Waals surface area (Å²) in [6.45, 7) is 2.27. The molecule has 0 unspecified atom stereocenters. The van der Waals surface area contributed by atoms with Gasteiger partial charge in [0.25, 0.3) is 0 Å². The van der Waals surface area contributed by atoms with E-state index in [1.54, 1.807) is 18.0 Å². The van der Waals surface area contributed by atoms with Crippen molar-refractivity contribution in [3.05, 3.63) is 42.9 Å². The molecule has 5 rings (SSSR count). The van der Waals surface area contributed by atoms with Crippen LogP contribution in [-0.4, -0.2) is 50.3 Å². The van der Waals surface area contributed by atoms with E-state index in [-0.39, 0.29) is 5.91 Å². The molecular formula is C22H24N6OS2. The average molecular weight is 453 g/mol. The number of benzene rings is 1. The van der Waals surface area contributed by atoms with Gasteiger partial charge in [0, 0.05) is 23.7 Å². The zero-order valence-electron chi connectivity index (χ0n) is 17.3. The highest BCUT2D eigenvalue weighted by atomic mass is 32.2. The molecule has 9 heteroatoms. The number of nitrogens with one attached hydrogen (secondary N) is 1. The van der Waals surface area contributed by atoms with Crippen LogP contribution < -0.4 is 5.32 Å². The summed E-state index contributed by atoms with van der Waals surface area (Å²) in [4.78, 5) is 29.1. The Morgan fingerprint density at radius 2 is 2.16 bits per heavy atom. The second-order valence-corrected chi connectivity index (χ2v) is 10.1. The fourth-order valence-electron chi connectivity index (χ4n) is 3.89. The zero-order chi connectivity index (χ0) is 21.2. The van der Waals surface area contributed by atoms with E-state index in [1.807, 2.05) is 35.0 Å². The van der Waals surface area contributed by atoms with Gasteiger partial charge in [-0.25, -0.2) is 15.0 Å². The molecule has 1 aliphatic rings. The van der Waals surface area contributed by atoms with Crippen LogP contribution in [0.15, 0.2) is 52.8 Å². The average Bonchev–Trinajstić information content (AvgIpc) is 3.37. The third kappa shape index (κ3) is 4.73. The number of fused-ring (bicyclic) bond motifs is 2. The SMILES string of the molecule is CN1CCC(CCC(=O)Nc2nc3ccc(Sc4cnc5ncccn45)cc3s2)CC1. The van der Waals surface area contributed by atoms with Gasteiger partial charge in [0.2, 0.25) is 11.7 Å². The molecule has 0 atom stereocenters. The summed E-state index contributed by atoms with van der Waals surface area (Å²) in [5.74, 6) is 1.41. The van der Waals surface area contributed by atoms with Gasteiger partial charge in [-0.05, 0) is 69.6 Å². The number of nitrogens with zero attached hydrogens (tertiary/aromatic N) is 5. The van der Waals surface area contributed by atoms with Crippen LogP contribution in [0.25, 0.3) is 16.0 Å². The first-order valence-electron chi connectivity index (χ1n) is 10.5. The quantitative estimate of drug-likeness (QED) is 0.463. The number of carbonyl (C=O) groups excluding carboxylic acids is 1. The van der Waals surface area contributed by atoms with E-state index in [2.05, 4.69) is 38.3 Å². The van der Waals surface area contributed by atoms with Gasteiger partial charge >= 0.3 is 0 Å². The highest BCUT2D eigenvalue weighted by molar-refractivity contribution is 7.99. The topological polar surface area (TPSA) is 75.4 Å². The van der Waals surface area contributed by atoms with Crippen LogP contribution in [0.1, 0.15) is 25.7 Å². The Labute approximate surface area is 188 Å². The molecule has 1 aliphatic heterocycles. The summed E-state index contributed by atoms with van der Waals surface area (Å²) in [5.41, 5.74) is 0.903. The van der Waals surface area contributed by atoms with Gasteiger partial charge in [0.15, 0.2) is 5.13 Å². The van der Waals surface area contributed by atoms with Gasteiger partial charge in [-0.3, -0.25) is 9.20 Å². The molecule has 0 spiro atoms. The number of likely N-dealkylation sites (tertiary alicyclic amines) is 1. The minimum atomic E-state index is 0.0609. The first-order chi connectivity index (χ1) is 15.1. The standard InChI is InChI=1S/C22H24N6OS2/c1-27-11-7-15(8-12-27)3-6-19(29)26-22-25-17-5-4-16(13-18(17)31-22)30-20-14-24-21-23-9-2-10-28(20)21/h2,4-5,9-10,13-15H,3,6-8,11-12H2,1H3,(H,25,26,29). The molecule has 4 heterocycles. The van der Waals surface area contributed by atoms with E-state index in [9.17, 15) is 4.79 Å². The van der Waals surface area contributed by atoms with E-state index in [1.165, 1.54) is 24.2 Å². The summed E-state index contributed by atoms with van der Waals surface area (Å²) < 4.78 is 3.03. The van der Waals surface area contributed by atoms with Crippen LogP contribution >= 0.6 is 23.1 Å². The van der Waals surface area contributed by atoms with Crippen molar-refractivity contribution in [1.82, 2.24) is 24.3 Å². The predicted octanol–water partition coefficient (Wildman–Crippen LogP) is 4.55. The Bertz CT molecular complexity index is 1210. The summed E-state index contributed by atoms with van der Waals surface area (Å²) in [6, 6.07) is 8.06. The van der Waals surface area contributed by atoms with E-state index in [0.717, 1.165) is 39.6 Å². The molecule has 1 amide bonds. The van der Waals surface area contributed by atoms with Gasteiger partial charge in [-0.1, -0.05) is 23.1 Å². The van der Waals surface area contributed by atoms with Gasteiger partial charge in [0.05, 0.1) is 16.4 Å². The summed E-state index contributed by atoms with van der Waals surface area (Å²) >= 11 is 3.15. The van der Waals surface area contributed by atoms with Crippen molar-refractivity contribution in [1.29, 1.82) is 0 Å². The molecule has 1 saturated heterocycles. The minimum absolute atomic E-state index is 0.0609. The summed E-state index contributed by atoms with van der Waals surface area (Å²) in [6.07, 6.45) is 9.43. The van der Waals surface area contributed by atoms with Crippen molar-refractivity contribution in [3.63, 3.8) is 0 Å². The van der Waals surface area contributed by atoms with Crippen molar-refractivity contribution in [3.8, 4) is 0 Å². The van der Waals surface area contributed by atoms with Crippen molar-refractivity contribution in [2.75, 3.05) is 25.5 Å². The van der Waals surface area contributed by atoms with E-state index >= 15 is 0 Å². The third-order valence-electron chi connectivity index (χ3n) is 5.70. The number of hydrogen-bond donors (Lipinski definition) is 1. The van der Waals surface area contributed by atoms with Crippen LogP contribution in [0.3, 0.4) is 0 Å². The maximum Gasteiger partial charge on any atom is 0.234 e. The van der Waals surface area contributed by atoms with Crippen LogP contribution in [0, 0.1) is 5.92 Å². The first-order valence-corrected chi connectivity index (χ1v) is 12.1. The molecule has 4 aromatic rings. The number of imidazole rings is 1. The normalized spacial score (nSPS) is 15.6. The number of thiazole rings is 1. The lowest BCUT2D eigenvalue weighted by Crippen LogP contribution is -2.30. The van der Waals surface area contributed by atoms with E-state index in [4.69, 9.17) is 0 Å². The Kier molecular flexibility index (Phi) is 5.89. The summed E-state index contributed by atoms with van der Waals surface area (Å²) in [7, 11) is 2.16. The van der Waals surface area contributed by atoms with Gasteiger partial charge < -0.3 is 10.2 Å². The zero-order valence-corrected chi connectivity index (χ0v) is 19.0. The molecule has 160 valence electrons. The fourth-order valence-corrected chi connectivity index (χ4v) is 5.79. The number of rotatable bonds is 6. The number of amides is 1. The van der Waals surface area contributed by atoms with Gasteiger partial charge in [0.1, 0.15) is 5.03 Å². The van der Waals surface area contributed by atoms with Crippen molar-refractivity contribution >= 4 is 50.1 Å². The smallest absolute Gasteiger partial charge is 0.234 e. The first kappa shape index (κ1) is 20.4. The lowest BCUT2D eigenvalue weighted by atomic mass is 9.92. The predicted molar refractivity (Wildman–Crippen MR) is 125 cm³/mol. The molecule has 0 aliphatic carbocycles. The Hall–Kier alpha value is -2.49. The summed E-state index contributed by atoms with van der Waals surface area (Å²) in [5, 5.41) is 4.68. The van der Waals surface area contributed by atoms with Crippen molar-refractivity contribution in [2.45, 2.75) is 35.6 Å². The van der Waals surface area contributed by atoms with Crippen molar-refractivity contribution < 1.29 is 4.79 Å². The highest BCUT2D eigenvalue weighted by Gasteiger charge is 2.18. The third-order valence-corrected chi connectivity index (χ3v) is 7.64. The Balaban J connectivity index is 1.22. The molecule has 7 nitrogen and oxygen atoms in total. The molecular weight excluding hydrogens is 428 g/mol. The minimum Gasteiger partial charge on any atom is -0.306 e. The number of anilines is 1. The monoisotopic (exact) mass is 452 g/mol. The largest absolute Gasteiger partial charge is 0.306 e. The number of hydrogen-bond acceptors (Lipinski definition) is 7. The van der Waals surface area contributed by atoms with E-state index < -0.39 is 0 Å². The van der Waals surface area contributed by atoms with Crippen molar-refractivity contribution in [2.24, 2.45) is 5.92 Å². The number of piperidine rings is 1. The van der Waals surface area contributed by atoms with Gasteiger partial charge in [-0.15, -0.1) is 0 Å². The molecule has 0 bridgehead atoms. The van der Waals surface area contributed by atoms with E-state index in [0.29, 0.717) is 23.2 Å². The molecule has 0 saturated carbocycles. The number of aromatic nitrogens is 4. The molecule has 1 aromatic carbocycles.